The molecule has 0 bridgehead atoms. The molecule has 0 atom stereocenters. The zero-order chi connectivity index (χ0) is 21.3. The summed E-state index contributed by atoms with van der Waals surface area (Å²) in [7, 11) is -2.86. The van der Waals surface area contributed by atoms with Crippen molar-refractivity contribution in [1.29, 1.82) is 0 Å². The minimum absolute atomic E-state index is 0.262. The van der Waals surface area contributed by atoms with Gasteiger partial charge in [0.1, 0.15) is 0 Å². The molecule has 7 heteroatoms. The van der Waals surface area contributed by atoms with E-state index in [0.29, 0.717) is 19.1 Å². The van der Waals surface area contributed by atoms with Gasteiger partial charge in [-0.05, 0) is 55.3 Å². The molecule has 31 heavy (non-hydrogen) atoms. The van der Waals surface area contributed by atoms with E-state index in [4.69, 9.17) is 0 Å². The predicted octanol–water partition coefficient (Wildman–Crippen LogP) is 3.23. The largest absolute Gasteiger partial charge is 0.381 e. The van der Waals surface area contributed by atoms with E-state index in [2.05, 4.69) is 63.0 Å². The van der Waals surface area contributed by atoms with E-state index >= 15 is 0 Å². The highest BCUT2D eigenvalue weighted by molar-refractivity contribution is 7.91. The first kappa shape index (κ1) is 20.5. The van der Waals surface area contributed by atoms with Gasteiger partial charge in [-0.25, -0.2) is 8.42 Å². The molecule has 5 rings (SSSR count). The summed E-state index contributed by atoms with van der Waals surface area (Å²) >= 11 is 0. The van der Waals surface area contributed by atoms with Crippen molar-refractivity contribution in [3.8, 4) is 11.3 Å². The first-order valence-corrected chi connectivity index (χ1v) is 13.0. The summed E-state index contributed by atoms with van der Waals surface area (Å²) in [6.07, 6.45) is 2.23. The Morgan fingerprint density at radius 2 is 1.74 bits per heavy atom. The van der Waals surface area contributed by atoms with Crippen LogP contribution in [0.1, 0.15) is 18.4 Å². The summed E-state index contributed by atoms with van der Waals surface area (Å²) in [4.78, 5) is 5.89. The van der Waals surface area contributed by atoms with Gasteiger partial charge in [-0.15, -0.1) is 0 Å². The molecule has 0 unspecified atom stereocenters. The highest BCUT2D eigenvalue weighted by atomic mass is 32.2. The number of H-pyrrole nitrogens is 1. The van der Waals surface area contributed by atoms with Crippen LogP contribution in [0.15, 0.2) is 48.5 Å². The number of benzene rings is 2. The molecule has 1 aromatic heterocycles. The third-order valence-corrected chi connectivity index (χ3v) is 8.02. The standard InChI is InChI=1S/C24H30N4O2S/c29-31(30)12-10-28(11-13-31)17-18-14-20-16-22(19-4-2-1-3-5-19)27-24(20)23(15-18)26-21-6-8-25-9-7-21/h1-5,14-16,21,25-27H,6-13,17H2. The Labute approximate surface area is 184 Å². The van der Waals surface area contributed by atoms with Crippen LogP contribution in [0.3, 0.4) is 0 Å². The minimum Gasteiger partial charge on any atom is -0.381 e. The Balaban J connectivity index is 1.47. The van der Waals surface area contributed by atoms with Gasteiger partial charge in [0, 0.05) is 36.8 Å². The second kappa shape index (κ2) is 8.65. The third kappa shape index (κ3) is 4.79. The quantitative estimate of drug-likeness (QED) is 0.570. The molecule has 2 fully saturated rings. The molecule has 2 aromatic carbocycles. The van der Waals surface area contributed by atoms with Crippen LogP contribution in [0, 0.1) is 0 Å². The van der Waals surface area contributed by atoms with E-state index in [1.165, 1.54) is 16.5 Å². The average molecular weight is 439 g/mol. The van der Waals surface area contributed by atoms with E-state index in [9.17, 15) is 8.42 Å². The van der Waals surface area contributed by atoms with Gasteiger partial charge in [0.15, 0.2) is 9.84 Å². The molecule has 3 aromatic rings. The van der Waals surface area contributed by atoms with Crippen LogP contribution >= 0.6 is 0 Å². The van der Waals surface area contributed by atoms with Crippen LogP contribution in [-0.4, -0.2) is 62.0 Å². The van der Waals surface area contributed by atoms with E-state index < -0.39 is 9.84 Å². The van der Waals surface area contributed by atoms with Crippen molar-refractivity contribution >= 4 is 26.4 Å². The van der Waals surface area contributed by atoms with Crippen LogP contribution in [0.2, 0.25) is 0 Å². The molecule has 2 aliphatic rings. The number of aromatic nitrogens is 1. The van der Waals surface area contributed by atoms with Crippen molar-refractivity contribution in [2.45, 2.75) is 25.4 Å². The van der Waals surface area contributed by atoms with Gasteiger partial charge in [0.05, 0.1) is 22.7 Å². The maximum atomic E-state index is 11.8. The fraction of sp³-hybridized carbons (Fsp3) is 0.417. The second-order valence-electron chi connectivity index (χ2n) is 8.75. The first-order valence-electron chi connectivity index (χ1n) is 11.2. The smallest absolute Gasteiger partial charge is 0.152 e. The van der Waals surface area contributed by atoms with Crippen LogP contribution in [0.5, 0.6) is 0 Å². The molecule has 0 spiro atoms. The number of rotatable bonds is 5. The molecular weight excluding hydrogens is 408 g/mol. The summed E-state index contributed by atoms with van der Waals surface area (Å²) in [6, 6.07) is 17.6. The normalized spacial score (nSPS) is 20.1. The Kier molecular flexibility index (Phi) is 5.73. The number of hydrogen-bond acceptors (Lipinski definition) is 5. The van der Waals surface area contributed by atoms with Crippen molar-refractivity contribution < 1.29 is 8.42 Å². The average Bonchev–Trinajstić information content (AvgIpc) is 3.21. The SMILES string of the molecule is O=S1(=O)CCN(Cc2cc(NC3CCNCC3)c3[nH]c(-c4ccccc4)cc3c2)CC1. The lowest BCUT2D eigenvalue weighted by Gasteiger charge is -2.28. The molecule has 3 N–H and O–H groups in total. The molecule has 3 heterocycles. The zero-order valence-corrected chi connectivity index (χ0v) is 18.5. The summed E-state index contributed by atoms with van der Waals surface area (Å²) < 4.78 is 23.6. The van der Waals surface area contributed by atoms with Crippen LogP contribution in [0.25, 0.3) is 22.2 Å². The number of sulfone groups is 1. The number of anilines is 1. The van der Waals surface area contributed by atoms with E-state index in [1.807, 2.05) is 6.07 Å². The van der Waals surface area contributed by atoms with Crippen molar-refractivity contribution in [3.05, 3.63) is 54.1 Å². The number of fused-ring (bicyclic) bond motifs is 1. The maximum Gasteiger partial charge on any atom is 0.152 e. The van der Waals surface area contributed by atoms with Crippen LogP contribution < -0.4 is 10.6 Å². The Morgan fingerprint density at radius 1 is 1.00 bits per heavy atom. The number of nitrogens with zero attached hydrogens (tertiary/aromatic N) is 1. The third-order valence-electron chi connectivity index (χ3n) is 6.41. The van der Waals surface area contributed by atoms with E-state index in [-0.39, 0.29) is 11.5 Å². The first-order chi connectivity index (χ1) is 15.1. The fourth-order valence-electron chi connectivity index (χ4n) is 4.64. The van der Waals surface area contributed by atoms with Gasteiger partial charge in [0.2, 0.25) is 0 Å². The Hall–Kier alpha value is -2.35. The Morgan fingerprint density at radius 3 is 2.48 bits per heavy atom. The van der Waals surface area contributed by atoms with Crippen LogP contribution in [-0.2, 0) is 16.4 Å². The number of piperidine rings is 1. The van der Waals surface area contributed by atoms with Gasteiger partial charge in [-0.1, -0.05) is 30.3 Å². The molecule has 2 aliphatic heterocycles. The number of nitrogens with one attached hydrogen (secondary N) is 3. The molecule has 0 aliphatic carbocycles. The lowest BCUT2D eigenvalue weighted by Crippen LogP contribution is -2.39. The molecule has 164 valence electrons. The van der Waals surface area contributed by atoms with Crippen molar-refractivity contribution in [2.75, 3.05) is 43.0 Å². The van der Waals surface area contributed by atoms with Gasteiger partial charge in [-0.3, -0.25) is 4.90 Å². The molecule has 0 amide bonds. The zero-order valence-electron chi connectivity index (χ0n) is 17.7. The van der Waals surface area contributed by atoms with Crippen molar-refractivity contribution in [3.63, 3.8) is 0 Å². The fourth-order valence-corrected chi connectivity index (χ4v) is 5.91. The van der Waals surface area contributed by atoms with E-state index in [1.54, 1.807) is 0 Å². The van der Waals surface area contributed by atoms with E-state index in [0.717, 1.165) is 49.4 Å². The molecule has 0 saturated carbocycles. The monoisotopic (exact) mass is 438 g/mol. The Bertz CT molecular complexity index is 1140. The van der Waals surface area contributed by atoms with Gasteiger partial charge in [0.25, 0.3) is 0 Å². The van der Waals surface area contributed by atoms with Crippen molar-refractivity contribution in [2.24, 2.45) is 0 Å². The second-order valence-corrected chi connectivity index (χ2v) is 11.1. The summed E-state index contributed by atoms with van der Waals surface area (Å²) in [5.74, 6) is 0.523. The molecule has 0 radical (unpaired) electrons. The van der Waals surface area contributed by atoms with Gasteiger partial charge < -0.3 is 15.6 Å². The topological polar surface area (TPSA) is 77.2 Å². The molecular formula is C24H30N4O2S. The molecule has 2 saturated heterocycles. The van der Waals surface area contributed by atoms with Crippen molar-refractivity contribution in [1.82, 2.24) is 15.2 Å². The lowest BCUT2D eigenvalue weighted by atomic mass is 10.0. The summed E-state index contributed by atoms with van der Waals surface area (Å²) in [5.41, 5.74) is 5.80. The highest BCUT2D eigenvalue weighted by Gasteiger charge is 2.22. The number of hydrogen-bond donors (Lipinski definition) is 3. The lowest BCUT2D eigenvalue weighted by molar-refractivity contribution is 0.288. The van der Waals surface area contributed by atoms with Gasteiger partial charge in [-0.2, -0.15) is 0 Å². The highest BCUT2D eigenvalue weighted by Crippen LogP contribution is 2.32. The molecule has 6 nitrogen and oxygen atoms in total. The van der Waals surface area contributed by atoms with Crippen LogP contribution in [0.4, 0.5) is 5.69 Å². The minimum atomic E-state index is -2.86. The summed E-state index contributed by atoms with van der Waals surface area (Å²) in [5, 5.41) is 8.42. The predicted molar refractivity (Wildman–Crippen MR) is 127 cm³/mol. The summed E-state index contributed by atoms with van der Waals surface area (Å²) in [6.45, 7) is 4.09. The van der Waals surface area contributed by atoms with Gasteiger partial charge >= 0.3 is 0 Å². The maximum absolute atomic E-state index is 11.8. The number of aromatic amines is 1.